The fraction of sp³-hybridized carbons (Fsp3) is 0.474. The Morgan fingerprint density at radius 2 is 2.07 bits per heavy atom. The molecule has 1 saturated heterocycles. The van der Waals surface area contributed by atoms with Crippen molar-refractivity contribution in [1.82, 2.24) is 9.88 Å². The number of carbonyl (C=O) groups is 1. The van der Waals surface area contributed by atoms with Crippen LogP contribution in [0.15, 0.2) is 29.6 Å². The zero-order valence-corrected chi connectivity index (χ0v) is 17.3. The molecule has 1 amide bonds. The molecule has 1 aliphatic rings. The average Bonchev–Trinajstić information content (AvgIpc) is 3.22. The molecule has 1 N–H and O–H groups in total. The van der Waals surface area contributed by atoms with E-state index >= 15 is 0 Å². The summed E-state index contributed by atoms with van der Waals surface area (Å²) in [6, 6.07) is 8.25. The number of aromatic nitrogens is 1. The van der Waals surface area contributed by atoms with Gasteiger partial charge in [0.2, 0.25) is 5.91 Å². The van der Waals surface area contributed by atoms with Crippen molar-refractivity contribution >= 4 is 32.2 Å². The van der Waals surface area contributed by atoms with Crippen LogP contribution in [-0.4, -0.2) is 55.3 Å². The van der Waals surface area contributed by atoms with Gasteiger partial charge in [0, 0.05) is 17.0 Å². The molecule has 1 atom stereocenters. The smallest absolute Gasteiger partial charge is 0.240 e. The maximum Gasteiger partial charge on any atom is 0.240 e. The lowest BCUT2D eigenvalue weighted by Crippen LogP contribution is -2.38. The lowest BCUT2D eigenvalue weighted by atomic mass is 10.1. The second kappa shape index (κ2) is 8.50. The third kappa shape index (κ3) is 5.37. The van der Waals surface area contributed by atoms with Gasteiger partial charge in [-0.15, -0.1) is 11.3 Å². The minimum absolute atomic E-state index is 0.0887. The number of hydrogen-bond acceptors (Lipinski definition) is 6. The van der Waals surface area contributed by atoms with Crippen LogP contribution in [0.3, 0.4) is 0 Å². The summed E-state index contributed by atoms with van der Waals surface area (Å²) < 4.78 is 23.2. The first kappa shape index (κ1) is 20.0. The zero-order chi connectivity index (χ0) is 19.4. The Morgan fingerprint density at radius 3 is 2.70 bits per heavy atom. The lowest BCUT2D eigenvalue weighted by molar-refractivity contribution is -0.117. The third-order valence-electron chi connectivity index (χ3n) is 4.76. The van der Waals surface area contributed by atoms with Gasteiger partial charge in [0.05, 0.1) is 23.7 Å². The van der Waals surface area contributed by atoms with E-state index in [1.54, 1.807) is 11.9 Å². The number of aryl methyl sites for hydroxylation is 1. The number of rotatable bonds is 7. The molecule has 1 aromatic carbocycles. The fourth-order valence-electron chi connectivity index (χ4n) is 3.23. The summed E-state index contributed by atoms with van der Waals surface area (Å²) in [7, 11) is -1.17. The SMILES string of the molecule is CCCc1ccc(-c2csc(NC(=O)CN(C)C3CCS(=O)(=O)C3)n2)cc1. The number of benzene rings is 1. The molecule has 0 aliphatic carbocycles. The highest BCUT2D eigenvalue weighted by molar-refractivity contribution is 7.91. The van der Waals surface area contributed by atoms with Gasteiger partial charge in [0.25, 0.3) is 0 Å². The summed E-state index contributed by atoms with van der Waals surface area (Å²) >= 11 is 1.39. The molecule has 2 aromatic rings. The molecule has 0 radical (unpaired) electrons. The van der Waals surface area contributed by atoms with Crippen molar-refractivity contribution in [3.8, 4) is 11.3 Å². The van der Waals surface area contributed by atoms with Crippen LogP contribution < -0.4 is 5.32 Å². The number of likely N-dealkylation sites (N-methyl/N-ethyl adjacent to an activating group) is 1. The molecular formula is C19H25N3O3S2. The lowest BCUT2D eigenvalue weighted by Gasteiger charge is -2.21. The van der Waals surface area contributed by atoms with Crippen molar-refractivity contribution in [2.24, 2.45) is 0 Å². The summed E-state index contributed by atoms with van der Waals surface area (Å²) in [5.41, 5.74) is 3.18. The molecule has 27 heavy (non-hydrogen) atoms. The number of nitrogens with one attached hydrogen (secondary N) is 1. The molecule has 2 heterocycles. The van der Waals surface area contributed by atoms with Crippen LogP contribution in [0.25, 0.3) is 11.3 Å². The van der Waals surface area contributed by atoms with Gasteiger partial charge in [-0.25, -0.2) is 13.4 Å². The van der Waals surface area contributed by atoms with Crippen LogP contribution in [0, 0.1) is 0 Å². The Labute approximate surface area is 164 Å². The third-order valence-corrected chi connectivity index (χ3v) is 7.27. The van der Waals surface area contributed by atoms with Gasteiger partial charge < -0.3 is 5.32 Å². The van der Waals surface area contributed by atoms with Crippen LogP contribution >= 0.6 is 11.3 Å². The first-order chi connectivity index (χ1) is 12.9. The Balaban J connectivity index is 1.56. The Hall–Kier alpha value is -1.77. The summed E-state index contributed by atoms with van der Waals surface area (Å²) in [6.07, 6.45) is 2.77. The topological polar surface area (TPSA) is 79.4 Å². The molecule has 1 aliphatic heterocycles. The van der Waals surface area contributed by atoms with Crippen molar-refractivity contribution < 1.29 is 13.2 Å². The monoisotopic (exact) mass is 407 g/mol. The Bertz CT molecular complexity index is 891. The minimum atomic E-state index is -2.95. The highest BCUT2D eigenvalue weighted by Gasteiger charge is 2.31. The molecule has 146 valence electrons. The van der Waals surface area contributed by atoms with E-state index < -0.39 is 9.84 Å². The maximum absolute atomic E-state index is 12.3. The van der Waals surface area contributed by atoms with Gasteiger partial charge in [0.1, 0.15) is 0 Å². The molecule has 6 nitrogen and oxygen atoms in total. The second-order valence-electron chi connectivity index (χ2n) is 7.00. The first-order valence-electron chi connectivity index (χ1n) is 9.11. The molecule has 3 rings (SSSR count). The molecule has 1 unspecified atom stereocenters. The number of carbonyl (C=O) groups excluding carboxylic acids is 1. The summed E-state index contributed by atoms with van der Waals surface area (Å²) in [6.45, 7) is 2.31. The molecule has 8 heteroatoms. The molecule has 1 fully saturated rings. The van der Waals surface area contributed by atoms with Crippen LogP contribution in [0.2, 0.25) is 0 Å². The van der Waals surface area contributed by atoms with Gasteiger partial charge in [-0.3, -0.25) is 9.69 Å². The Morgan fingerprint density at radius 1 is 1.33 bits per heavy atom. The normalized spacial score (nSPS) is 18.7. The largest absolute Gasteiger partial charge is 0.301 e. The number of sulfone groups is 1. The van der Waals surface area contributed by atoms with Crippen LogP contribution in [0.4, 0.5) is 5.13 Å². The molecule has 0 bridgehead atoms. The van der Waals surface area contributed by atoms with E-state index in [9.17, 15) is 13.2 Å². The number of amides is 1. The highest BCUT2D eigenvalue weighted by Crippen LogP contribution is 2.25. The van der Waals surface area contributed by atoms with Crippen molar-refractivity contribution in [3.63, 3.8) is 0 Å². The summed E-state index contributed by atoms with van der Waals surface area (Å²) in [5, 5.41) is 5.30. The van der Waals surface area contributed by atoms with E-state index in [0.717, 1.165) is 24.1 Å². The van der Waals surface area contributed by atoms with Gasteiger partial charge >= 0.3 is 0 Å². The number of thiazole rings is 1. The van der Waals surface area contributed by atoms with Gasteiger partial charge in [-0.2, -0.15) is 0 Å². The Kier molecular flexibility index (Phi) is 6.29. The predicted molar refractivity (Wildman–Crippen MR) is 110 cm³/mol. The number of anilines is 1. The van der Waals surface area contributed by atoms with Crippen LogP contribution in [-0.2, 0) is 21.1 Å². The first-order valence-corrected chi connectivity index (χ1v) is 11.8. The van der Waals surface area contributed by atoms with Crippen molar-refractivity contribution in [2.45, 2.75) is 32.2 Å². The summed E-state index contributed by atoms with van der Waals surface area (Å²) in [4.78, 5) is 18.6. The van der Waals surface area contributed by atoms with E-state index in [0.29, 0.717) is 11.6 Å². The highest BCUT2D eigenvalue weighted by atomic mass is 32.2. The van der Waals surface area contributed by atoms with Gasteiger partial charge in [0.15, 0.2) is 15.0 Å². The predicted octanol–water partition coefficient (Wildman–Crippen LogP) is 2.82. The van der Waals surface area contributed by atoms with E-state index in [2.05, 4.69) is 41.5 Å². The molecule has 0 saturated carbocycles. The van der Waals surface area contributed by atoms with Gasteiger partial charge in [-0.05, 0) is 25.5 Å². The van der Waals surface area contributed by atoms with Crippen molar-refractivity contribution in [3.05, 3.63) is 35.2 Å². The molecular weight excluding hydrogens is 382 g/mol. The maximum atomic E-state index is 12.3. The average molecular weight is 408 g/mol. The zero-order valence-electron chi connectivity index (χ0n) is 15.6. The summed E-state index contributed by atoms with van der Waals surface area (Å²) in [5.74, 6) is 0.156. The second-order valence-corrected chi connectivity index (χ2v) is 10.1. The minimum Gasteiger partial charge on any atom is -0.301 e. The number of nitrogens with zero attached hydrogens (tertiary/aromatic N) is 2. The standard InChI is InChI=1S/C19H25N3O3S2/c1-3-4-14-5-7-15(8-6-14)17-12-26-19(20-17)21-18(23)11-22(2)16-9-10-27(24,25)13-16/h5-8,12,16H,3-4,9-11,13H2,1-2H3,(H,20,21,23). The van der Waals surface area contributed by atoms with E-state index in [-0.39, 0.29) is 30.0 Å². The van der Waals surface area contributed by atoms with Crippen LogP contribution in [0.5, 0.6) is 0 Å². The van der Waals surface area contributed by atoms with E-state index in [4.69, 9.17) is 0 Å². The van der Waals surface area contributed by atoms with Crippen LogP contribution in [0.1, 0.15) is 25.3 Å². The van der Waals surface area contributed by atoms with Crippen molar-refractivity contribution in [2.75, 3.05) is 30.4 Å². The fourth-order valence-corrected chi connectivity index (χ4v) is 5.77. The number of hydrogen-bond donors (Lipinski definition) is 1. The quantitative estimate of drug-likeness (QED) is 0.763. The molecule has 1 aromatic heterocycles. The van der Waals surface area contributed by atoms with E-state index in [1.807, 2.05) is 5.38 Å². The van der Waals surface area contributed by atoms with E-state index in [1.165, 1.54) is 16.9 Å². The van der Waals surface area contributed by atoms with Gasteiger partial charge in [-0.1, -0.05) is 37.6 Å². The van der Waals surface area contributed by atoms with Crippen molar-refractivity contribution in [1.29, 1.82) is 0 Å². The molecule has 0 spiro atoms.